The Morgan fingerprint density at radius 3 is 2.04 bits per heavy atom. The predicted molar refractivity (Wildman–Crippen MR) is 105 cm³/mol. The van der Waals surface area contributed by atoms with Crippen molar-refractivity contribution in [3.8, 4) is 0 Å². The number of fused-ring (bicyclic) bond motifs is 1. The monoisotopic (exact) mass is 384 g/mol. The lowest BCUT2D eigenvalue weighted by Crippen LogP contribution is -2.56. The molecule has 0 aromatic rings. The Morgan fingerprint density at radius 2 is 1.54 bits per heavy atom. The van der Waals surface area contributed by atoms with E-state index in [1.807, 2.05) is 12.2 Å². The van der Waals surface area contributed by atoms with E-state index >= 15 is 0 Å². The molecule has 1 saturated heterocycles. The van der Waals surface area contributed by atoms with Gasteiger partial charge in [0.05, 0.1) is 11.8 Å². The first-order chi connectivity index (χ1) is 13.4. The Labute approximate surface area is 167 Å². The molecule has 0 aromatic carbocycles. The molecule has 5 heteroatoms. The third-order valence-corrected chi connectivity index (χ3v) is 8.54. The van der Waals surface area contributed by atoms with E-state index in [0.717, 1.165) is 17.8 Å². The second-order valence-corrected chi connectivity index (χ2v) is 10.3. The lowest BCUT2D eigenvalue weighted by molar-refractivity contribution is -0.140. The second kappa shape index (κ2) is 6.70. The third-order valence-electron chi connectivity index (χ3n) is 8.54. The summed E-state index contributed by atoms with van der Waals surface area (Å²) < 4.78 is 0. The molecule has 6 aliphatic rings. The van der Waals surface area contributed by atoms with Crippen molar-refractivity contribution in [2.24, 2.45) is 35.0 Å². The maximum Gasteiger partial charge on any atom is 0.233 e. The largest absolute Gasteiger partial charge is 0.353 e. The normalized spacial score (nSPS) is 42.0. The highest BCUT2D eigenvalue weighted by Gasteiger charge is 2.53. The van der Waals surface area contributed by atoms with Crippen LogP contribution in [0.5, 0.6) is 0 Å². The first-order valence-electron chi connectivity index (χ1n) is 11.2. The molecule has 0 radical (unpaired) electrons. The van der Waals surface area contributed by atoms with E-state index in [1.165, 1.54) is 43.4 Å². The van der Waals surface area contributed by atoms with Crippen molar-refractivity contribution < 1.29 is 14.4 Å². The number of carbonyl (C=O) groups excluding carboxylic acids is 3. The summed E-state index contributed by atoms with van der Waals surface area (Å²) in [6.45, 7) is 2.40. The molecule has 1 aliphatic heterocycles. The number of imide groups is 1. The molecule has 28 heavy (non-hydrogen) atoms. The number of hydrogen-bond donors (Lipinski definition) is 1. The summed E-state index contributed by atoms with van der Waals surface area (Å²) in [6, 6.07) is 0.185. The van der Waals surface area contributed by atoms with Gasteiger partial charge in [-0.2, -0.15) is 0 Å². The first-order valence-corrected chi connectivity index (χ1v) is 11.2. The molecule has 3 atom stereocenters. The molecule has 4 bridgehead atoms. The molecule has 152 valence electrons. The van der Waals surface area contributed by atoms with E-state index in [1.54, 1.807) is 0 Å². The smallest absolute Gasteiger partial charge is 0.233 e. The van der Waals surface area contributed by atoms with E-state index < -0.39 is 0 Å². The van der Waals surface area contributed by atoms with Gasteiger partial charge < -0.3 is 5.32 Å². The molecule has 1 heterocycles. The van der Waals surface area contributed by atoms with Crippen LogP contribution in [0.3, 0.4) is 0 Å². The standard InChI is InChI=1S/C23H32N2O3/c1-14(23-11-15-8-16(12-23)10-17(9-15)13-23)24-20(26)6-7-25-21(27)18-4-2-3-5-19(18)22(25)28/h2-3,14-19H,4-13H2,1H3,(H,24,26)/t14-,15?,16?,17?,18-,19+,23?/m0/s1. The zero-order chi connectivity index (χ0) is 19.5. The van der Waals surface area contributed by atoms with Crippen molar-refractivity contribution in [1.82, 2.24) is 10.2 Å². The highest BCUT2D eigenvalue weighted by atomic mass is 16.2. The summed E-state index contributed by atoms with van der Waals surface area (Å²) in [5, 5.41) is 3.25. The van der Waals surface area contributed by atoms with Crippen LogP contribution in [0.4, 0.5) is 0 Å². The van der Waals surface area contributed by atoms with E-state index in [0.29, 0.717) is 12.8 Å². The van der Waals surface area contributed by atoms with Crippen LogP contribution in [0, 0.1) is 35.0 Å². The number of nitrogens with zero attached hydrogens (tertiary/aromatic N) is 1. The summed E-state index contributed by atoms with van der Waals surface area (Å²) in [6.07, 6.45) is 13.5. The molecule has 1 N–H and O–H groups in total. The van der Waals surface area contributed by atoms with Gasteiger partial charge in [-0.3, -0.25) is 19.3 Å². The lowest BCUT2D eigenvalue weighted by Gasteiger charge is -2.59. The average Bonchev–Trinajstić information content (AvgIpc) is 2.90. The quantitative estimate of drug-likeness (QED) is 0.585. The van der Waals surface area contributed by atoms with E-state index in [-0.39, 0.29) is 54.0 Å². The lowest BCUT2D eigenvalue weighted by atomic mass is 9.48. The molecule has 5 aliphatic carbocycles. The zero-order valence-corrected chi connectivity index (χ0v) is 16.9. The minimum atomic E-state index is -0.202. The van der Waals surface area contributed by atoms with E-state index in [2.05, 4.69) is 12.2 Å². The summed E-state index contributed by atoms with van der Waals surface area (Å²) in [5.41, 5.74) is 0.282. The van der Waals surface area contributed by atoms with Gasteiger partial charge in [0.1, 0.15) is 0 Å². The van der Waals surface area contributed by atoms with Crippen LogP contribution < -0.4 is 5.32 Å². The number of allylic oxidation sites excluding steroid dienone is 2. The Hall–Kier alpha value is -1.65. The van der Waals surface area contributed by atoms with Gasteiger partial charge in [0.25, 0.3) is 0 Å². The maximum atomic E-state index is 12.7. The van der Waals surface area contributed by atoms with Crippen molar-refractivity contribution >= 4 is 17.7 Å². The number of hydrogen-bond acceptors (Lipinski definition) is 3. The summed E-state index contributed by atoms with van der Waals surface area (Å²) >= 11 is 0. The fourth-order valence-electron chi connectivity index (χ4n) is 7.48. The van der Waals surface area contributed by atoms with Crippen LogP contribution in [0.25, 0.3) is 0 Å². The maximum absolute atomic E-state index is 12.7. The fraction of sp³-hybridized carbons (Fsp3) is 0.783. The molecular formula is C23H32N2O3. The van der Waals surface area contributed by atoms with Crippen molar-refractivity contribution in [3.05, 3.63) is 12.2 Å². The molecular weight excluding hydrogens is 352 g/mol. The molecule has 0 spiro atoms. The van der Waals surface area contributed by atoms with Crippen molar-refractivity contribution in [1.29, 1.82) is 0 Å². The molecule has 6 rings (SSSR count). The van der Waals surface area contributed by atoms with Gasteiger partial charge in [0.15, 0.2) is 0 Å². The van der Waals surface area contributed by atoms with Gasteiger partial charge in [0, 0.05) is 19.0 Å². The minimum absolute atomic E-state index is 0.0168. The highest BCUT2D eigenvalue weighted by molar-refractivity contribution is 6.05. The van der Waals surface area contributed by atoms with Crippen molar-refractivity contribution in [2.75, 3.05) is 6.54 Å². The topological polar surface area (TPSA) is 66.5 Å². The van der Waals surface area contributed by atoms with Crippen molar-refractivity contribution in [3.63, 3.8) is 0 Å². The molecule has 5 nitrogen and oxygen atoms in total. The van der Waals surface area contributed by atoms with Crippen LogP contribution in [-0.2, 0) is 14.4 Å². The number of carbonyl (C=O) groups is 3. The summed E-state index contributed by atoms with van der Waals surface area (Å²) in [7, 11) is 0. The van der Waals surface area contributed by atoms with Crippen molar-refractivity contribution in [2.45, 2.75) is 70.8 Å². The van der Waals surface area contributed by atoms with Crippen LogP contribution in [0.15, 0.2) is 12.2 Å². The number of amides is 3. The fourth-order valence-corrected chi connectivity index (χ4v) is 7.48. The van der Waals surface area contributed by atoms with Gasteiger partial charge >= 0.3 is 0 Å². The van der Waals surface area contributed by atoms with Gasteiger partial charge in [0.2, 0.25) is 17.7 Å². The summed E-state index contributed by atoms with van der Waals surface area (Å²) in [4.78, 5) is 39.1. The number of rotatable bonds is 5. The van der Waals surface area contributed by atoms with Crippen LogP contribution in [-0.4, -0.2) is 35.2 Å². The Bertz CT molecular complexity index is 666. The first kappa shape index (κ1) is 18.4. The highest BCUT2D eigenvalue weighted by Crippen LogP contribution is 2.61. The van der Waals surface area contributed by atoms with Gasteiger partial charge in [-0.1, -0.05) is 12.2 Å². The molecule has 0 unspecified atom stereocenters. The van der Waals surface area contributed by atoms with E-state index in [9.17, 15) is 14.4 Å². The summed E-state index contributed by atoms with van der Waals surface area (Å²) in [5.74, 6) is 2.00. The SMILES string of the molecule is C[C@H](NC(=O)CCN1C(=O)[C@H]2CC=CC[C@H]2C1=O)C12CC3CC(CC(C3)C1)C2. The third kappa shape index (κ3) is 2.93. The zero-order valence-electron chi connectivity index (χ0n) is 16.9. The Balaban J connectivity index is 1.17. The number of likely N-dealkylation sites (tertiary alicyclic amines) is 1. The van der Waals surface area contributed by atoms with Crippen LogP contribution >= 0.6 is 0 Å². The van der Waals surface area contributed by atoms with Crippen LogP contribution in [0.2, 0.25) is 0 Å². The second-order valence-electron chi connectivity index (χ2n) is 10.3. The van der Waals surface area contributed by atoms with Gasteiger partial charge in [-0.05, 0) is 81.5 Å². The molecule has 0 aromatic heterocycles. The van der Waals surface area contributed by atoms with Crippen LogP contribution in [0.1, 0.15) is 64.7 Å². The molecule has 3 amide bonds. The minimum Gasteiger partial charge on any atom is -0.353 e. The Morgan fingerprint density at radius 1 is 1.04 bits per heavy atom. The average molecular weight is 385 g/mol. The molecule has 4 saturated carbocycles. The number of nitrogens with one attached hydrogen (secondary N) is 1. The van der Waals surface area contributed by atoms with Gasteiger partial charge in [-0.15, -0.1) is 0 Å². The Kier molecular flexibility index (Phi) is 4.40. The molecule has 5 fully saturated rings. The predicted octanol–water partition coefficient (Wildman–Crippen LogP) is 3.05. The van der Waals surface area contributed by atoms with Gasteiger partial charge in [-0.25, -0.2) is 0 Å². The van der Waals surface area contributed by atoms with E-state index in [4.69, 9.17) is 0 Å².